The molecule has 1 saturated heterocycles. The van der Waals surface area contributed by atoms with E-state index in [9.17, 15) is 4.39 Å². The molecule has 4 rings (SSSR count). The summed E-state index contributed by atoms with van der Waals surface area (Å²) in [7, 11) is 0. The van der Waals surface area contributed by atoms with Gasteiger partial charge in [0.05, 0.1) is 0 Å². The van der Waals surface area contributed by atoms with Crippen molar-refractivity contribution in [2.75, 3.05) is 23.3 Å². The van der Waals surface area contributed by atoms with E-state index in [1.807, 2.05) is 30.5 Å². The zero-order valence-electron chi connectivity index (χ0n) is 15.2. The molecule has 27 heavy (non-hydrogen) atoms. The second-order valence-corrected chi connectivity index (χ2v) is 6.91. The van der Waals surface area contributed by atoms with Crippen LogP contribution in [0, 0.1) is 5.82 Å². The predicted molar refractivity (Wildman–Crippen MR) is 107 cm³/mol. The van der Waals surface area contributed by atoms with Crippen molar-refractivity contribution in [3.63, 3.8) is 0 Å². The summed E-state index contributed by atoms with van der Waals surface area (Å²) >= 11 is 0. The molecular weight excluding hydrogens is 339 g/mol. The molecule has 0 radical (unpaired) electrons. The van der Waals surface area contributed by atoms with E-state index < -0.39 is 0 Å². The molecular formula is C22H23FN4. The number of halogens is 1. The maximum Gasteiger partial charge on any atom is 0.135 e. The third-order valence-electron chi connectivity index (χ3n) is 4.93. The van der Waals surface area contributed by atoms with Crippen molar-refractivity contribution in [2.24, 2.45) is 0 Å². The average molecular weight is 362 g/mol. The van der Waals surface area contributed by atoms with E-state index in [1.165, 1.54) is 17.7 Å². The monoisotopic (exact) mass is 362 g/mol. The van der Waals surface area contributed by atoms with Crippen LogP contribution in [0.5, 0.6) is 0 Å². The fraction of sp³-hybridized carbons (Fsp3) is 0.273. The third kappa shape index (κ3) is 4.61. The van der Waals surface area contributed by atoms with Crippen molar-refractivity contribution in [2.45, 2.75) is 25.3 Å². The Bertz CT molecular complexity index is 859. The first kappa shape index (κ1) is 17.5. The Balaban J connectivity index is 1.35. The molecule has 138 valence electrons. The molecule has 5 heteroatoms. The largest absolute Gasteiger partial charge is 0.382 e. The molecule has 0 unspecified atom stereocenters. The first-order valence-corrected chi connectivity index (χ1v) is 9.39. The van der Waals surface area contributed by atoms with Crippen molar-refractivity contribution in [3.8, 4) is 0 Å². The molecule has 2 heterocycles. The van der Waals surface area contributed by atoms with Crippen LogP contribution in [0.3, 0.4) is 0 Å². The van der Waals surface area contributed by atoms with Gasteiger partial charge in [-0.1, -0.05) is 30.3 Å². The summed E-state index contributed by atoms with van der Waals surface area (Å²) in [6.45, 7) is 1.89. The zero-order chi connectivity index (χ0) is 18.5. The van der Waals surface area contributed by atoms with E-state index in [2.05, 4.69) is 27.3 Å². The van der Waals surface area contributed by atoms with Crippen LogP contribution in [0.1, 0.15) is 24.2 Å². The highest BCUT2D eigenvalue weighted by atomic mass is 19.1. The number of rotatable bonds is 5. The zero-order valence-corrected chi connectivity index (χ0v) is 15.2. The van der Waals surface area contributed by atoms with Crippen LogP contribution in [-0.4, -0.2) is 29.1 Å². The third-order valence-corrected chi connectivity index (χ3v) is 4.93. The number of hydrogen-bond acceptors (Lipinski definition) is 4. The molecule has 1 aromatic heterocycles. The summed E-state index contributed by atoms with van der Waals surface area (Å²) in [6.07, 6.45) is 4.64. The van der Waals surface area contributed by atoms with Crippen molar-refractivity contribution in [1.82, 2.24) is 9.97 Å². The number of nitrogens with one attached hydrogen (secondary N) is 1. The first-order chi connectivity index (χ1) is 13.3. The Morgan fingerprint density at radius 3 is 2.44 bits per heavy atom. The van der Waals surface area contributed by atoms with Gasteiger partial charge >= 0.3 is 0 Å². The first-order valence-electron chi connectivity index (χ1n) is 9.39. The number of anilines is 2. The highest BCUT2D eigenvalue weighted by molar-refractivity contribution is 5.45. The van der Waals surface area contributed by atoms with E-state index in [1.54, 1.807) is 12.1 Å². The summed E-state index contributed by atoms with van der Waals surface area (Å²) in [4.78, 5) is 11.5. The van der Waals surface area contributed by atoms with Crippen LogP contribution in [0.15, 0.2) is 66.9 Å². The van der Waals surface area contributed by atoms with Crippen LogP contribution >= 0.6 is 0 Å². The van der Waals surface area contributed by atoms with E-state index in [0.29, 0.717) is 6.04 Å². The van der Waals surface area contributed by atoms with Gasteiger partial charge in [-0.05, 0) is 48.7 Å². The van der Waals surface area contributed by atoms with E-state index in [-0.39, 0.29) is 5.82 Å². The summed E-state index contributed by atoms with van der Waals surface area (Å²) in [5, 5.41) is 3.50. The SMILES string of the molecule is Fc1ccc(NC2CCN(c3ccnc(Cc4ccccc4)n3)CC2)cc1. The molecule has 3 aromatic rings. The molecule has 1 aliphatic heterocycles. The summed E-state index contributed by atoms with van der Waals surface area (Å²) in [5.74, 6) is 1.65. The van der Waals surface area contributed by atoms with Gasteiger partial charge in [0.25, 0.3) is 0 Å². The molecule has 0 spiro atoms. The van der Waals surface area contributed by atoms with Crippen molar-refractivity contribution < 1.29 is 4.39 Å². The average Bonchev–Trinajstić information content (AvgIpc) is 2.71. The molecule has 2 aromatic carbocycles. The Morgan fingerprint density at radius 1 is 0.963 bits per heavy atom. The lowest BCUT2D eigenvalue weighted by Crippen LogP contribution is -2.39. The molecule has 1 aliphatic rings. The number of nitrogens with zero attached hydrogens (tertiary/aromatic N) is 3. The van der Waals surface area contributed by atoms with Crippen molar-refractivity contribution in [1.29, 1.82) is 0 Å². The molecule has 0 atom stereocenters. The second kappa shape index (κ2) is 8.16. The molecule has 1 N–H and O–H groups in total. The van der Waals surface area contributed by atoms with Crippen molar-refractivity contribution >= 4 is 11.5 Å². The number of hydrogen-bond donors (Lipinski definition) is 1. The summed E-state index contributed by atoms with van der Waals surface area (Å²) in [6, 6.07) is 19.3. The maximum absolute atomic E-state index is 13.0. The van der Waals surface area contributed by atoms with Crippen LogP contribution in [0.2, 0.25) is 0 Å². The van der Waals surface area contributed by atoms with E-state index in [0.717, 1.165) is 49.7 Å². The van der Waals surface area contributed by atoms with Gasteiger partial charge in [-0.3, -0.25) is 0 Å². The Morgan fingerprint density at radius 2 is 1.70 bits per heavy atom. The minimum atomic E-state index is -0.203. The normalized spacial score (nSPS) is 14.9. The lowest BCUT2D eigenvalue weighted by atomic mass is 10.0. The Labute approximate surface area is 159 Å². The highest BCUT2D eigenvalue weighted by Crippen LogP contribution is 2.21. The minimum absolute atomic E-state index is 0.203. The van der Waals surface area contributed by atoms with Gasteiger partial charge in [0.15, 0.2) is 0 Å². The molecule has 1 fully saturated rings. The number of aromatic nitrogens is 2. The molecule has 0 amide bonds. The molecule has 0 bridgehead atoms. The Kier molecular flexibility index (Phi) is 5.28. The highest BCUT2D eigenvalue weighted by Gasteiger charge is 2.20. The van der Waals surface area contributed by atoms with Crippen LogP contribution in [0.25, 0.3) is 0 Å². The van der Waals surface area contributed by atoms with E-state index in [4.69, 9.17) is 4.98 Å². The van der Waals surface area contributed by atoms with Gasteiger partial charge in [0.2, 0.25) is 0 Å². The molecule has 0 aliphatic carbocycles. The lowest BCUT2D eigenvalue weighted by Gasteiger charge is -2.33. The molecule has 4 nitrogen and oxygen atoms in total. The summed E-state index contributed by atoms with van der Waals surface area (Å²) in [5.41, 5.74) is 2.19. The fourth-order valence-corrected chi connectivity index (χ4v) is 3.46. The van der Waals surface area contributed by atoms with Crippen LogP contribution < -0.4 is 10.2 Å². The number of benzene rings is 2. The van der Waals surface area contributed by atoms with Crippen LogP contribution in [-0.2, 0) is 6.42 Å². The van der Waals surface area contributed by atoms with Crippen LogP contribution in [0.4, 0.5) is 15.9 Å². The molecule has 0 saturated carbocycles. The van der Waals surface area contributed by atoms with Gasteiger partial charge in [0.1, 0.15) is 17.5 Å². The second-order valence-electron chi connectivity index (χ2n) is 6.91. The van der Waals surface area contributed by atoms with Crippen molar-refractivity contribution in [3.05, 3.63) is 84.1 Å². The minimum Gasteiger partial charge on any atom is -0.382 e. The lowest BCUT2D eigenvalue weighted by molar-refractivity contribution is 0.522. The van der Waals surface area contributed by atoms with E-state index >= 15 is 0 Å². The predicted octanol–water partition coefficient (Wildman–Crippen LogP) is 4.29. The summed E-state index contributed by atoms with van der Waals surface area (Å²) < 4.78 is 13.0. The van der Waals surface area contributed by atoms with Gasteiger partial charge in [-0.2, -0.15) is 0 Å². The quantitative estimate of drug-likeness (QED) is 0.735. The smallest absolute Gasteiger partial charge is 0.135 e. The van der Waals surface area contributed by atoms with Gasteiger partial charge in [-0.15, -0.1) is 0 Å². The fourth-order valence-electron chi connectivity index (χ4n) is 3.46. The number of piperidine rings is 1. The standard InChI is InChI=1S/C22H23FN4/c23-18-6-8-19(9-7-18)25-20-11-14-27(15-12-20)22-10-13-24-21(26-22)16-17-4-2-1-3-5-17/h1-10,13,20,25H,11-12,14-16H2. The van der Waals surface area contributed by atoms with Gasteiger partial charge in [-0.25, -0.2) is 14.4 Å². The maximum atomic E-state index is 13.0. The topological polar surface area (TPSA) is 41.0 Å². The Hall–Kier alpha value is -2.95. The van der Waals surface area contributed by atoms with Gasteiger partial charge in [0, 0.05) is 37.4 Å². The van der Waals surface area contributed by atoms with Gasteiger partial charge < -0.3 is 10.2 Å².